The Bertz CT molecular complexity index is 563. The van der Waals surface area contributed by atoms with Gasteiger partial charge >= 0.3 is 6.36 Å². The van der Waals surface area contributed by atoms with Gasteiger partial charge in [-0.05, 0) is 57.2 Å². The van der Waals surface area contributed by atoms with Gasteiger partial charge in [0.1, 0.15) is 5.75 Å². The first-order valence-electron chi connectivity index (χ1n) is 8.45. The van der Waals surface area contributed by atoms with E-state index in [4.69, 9.17) is 4.74 Å². The minimum absolute atomic E-state index is 0.224. The molecule has 0 radical (unpaired) electrons. The van der Waals surface area contributed by atoms with Crippen LogP contribution in [0.25, 0.3) is 0 Å². The zero-order valence-corrected chi connectivity index (χ0v) is 15.0. The molecule has 0 atom stereocenters. The topological polar surface area (TPSA) is 30.8 Å². The molecule has 0 aromatic heterocycles. The molecule has 0 N–H and O–H groups in total. The van der Waals surface area contributed by atoms with Gasteiger partial charge in [0.2, 0.25) is 0 Å². The molecule has 1 aromatic rings. The monoisotopic (exact) mass is 357 g/mol. The van der Waals surface area contributed by atoms with Crippen LogP contribution in [-0.4, -0.2) is 19.2 Å². The van der Waals surface area contributed by atoms with Gasteiger partial charge in [-0.15, -0.1) is 13.2 Å². The number of hydrogen-bond acceptors (Lipinski definition) is 3. The standard InChI is InChI=1S/C19H26F3NO2/c1-4-15(3)18(23-5-2)8-6-7-13-24-14-16-9-11-17(12-10-16)25-19(20,21)22/h5,9-12H,4,6-8,13-14H2,1-3H3/b18-15-,23-5?. The first kappa shape index (κ1) is 21.2. The Morgan fingerprint density at radius 1 is 1.16 bits per heavy atom. The molecule has 0 aliphatic carbocycles. The van der Waals surface area contributed by atoms with Gasteiger partial charge in [-0.3, -0.25) is 4.99 Å². The Balaban J connectivity index is 2.27. The Hall–Kier alpha value is -1.82. The van der Waals surface area contributed by atoms with E-state index < -0.39 is 6.36 Å². The second kappa shape index (κ2) is 10.9. The summed E-state index contributed by atoms with van der Waals surface area (Å²) in [6.07, 6.45) is 0.978. The summed E-state index contributed by atoms with van der Waals surface area (Å²) in [5, 5.41) is 0. The highest BCUT2D eigenvalue weighted by atomic mass is 19.4. The average Bonchev–Trinajstić information content (AvgIpc) is 2.56. The van der Waals surface area contributed by atoms with Gasteiger partial charge in [-0.1, -0.05) is 24.6 Å². The van der Waals surface area contributed by atoms with Crippen LogP contribution in [0, 0.1) is 0 Å². The number of unbranched alkanes of at least 4 members (excludes halogenated alkanes) is 1. The molecule has 0 bridgehead atoms. The number of hydrogen-bond donors (Lipinski definition) is 0. The zero-order valence-electron chi connectivity index (χ0n) is 15.0. The van der Waals surface area contributed by atoms with Crippen molar-refractivity contribution in [1.82, 2.24) is 0 Å². The second-order valence-electron chi connectivity index (χ2n) is 5.67. The van der Waals surface area contributed by atoms with Crippen LogP contribution in [0.3, 0.4) is 0 Å². The van der Waals surface area contributed by atoms with E-state index in [0.29, 0.717) is 13.2 Å². The molecule has 0 spiro atoms. The van der Waals surface area contributed by atoms with Gasteiger partial charge in [-0.25, -0.2) is 0 Å². The van der Waals surface area contributed by atoms with E-state index in [9.17, 15) is 13.2 Å². The smallest absolute Gasteiger partial charge is 0.406 e. The highest BCUT2D eigenvalue weighted by Gasteiger charge is 2.30. The molecule has 1 rings (SSSR count). The van der Waals surface area contributed by atoms with Crippen molar-refractivity contribution < 1.29 is 22.6 Å². The molecular formula is C19H26F3NO2. The van der Waals surface area contributed by atoms with Gasteiger partial charge in [0, 0.05) is 18.5 Å². The highest BCUT2D eigenvalue weighted by Crippen LogP contribution is 2.23. The highest BCUT2D eigenvalue weighted by molar-refractivity contribution is 5.55. The molecule has 140 valence electrons. The van der Waals surface area contributed by atoms with E-state index in [-0.39, 0.29) is 5.75 Å². The maximum atomic E-state index is 12.1. The zero-order chi connectivity index (χ0) is 18.7. The summed E-state index contributed by atoms with van der Waals surface area (Å²) in [6.45, 7) is 7.11. The molecule has 0 saturated carbocycles. The lowest BCUT2D eigenvalue weighted by atomic mass is 10.1. The number of aliphatic imine (C=N–C) groups is 1. The number of allylic oxidation sites excluding steroid dienone is 2. The van der Waals surface area contributed by atoms with E-state index in [2.05, 4.69) is 23.6 Å². The van der Waals surface area contributed by atoms with E-state index in [1.54, 1.807) is 12.1 Å². The van der Waals surface area contributed by atoms with E-state index in [0.717, 1.165) is 36.9 Å². The van der Waals surface area contributed by atoms with Gasteiger partial charge in [0.25, 0.3) is 0 Å². The van der Waals surface area contributed by atoms with Gasteiger partial charge in [0.15, 0.2) is 0 Å². The molecule has 0 aliphatic heterocycles. The van der Waals surface area contributed by atoms with E-state index in [1.807, 2.05) is 13.1 Å². The molecule has 0 fully saturated rings. The van der Waals surface area contributed by atoms with Gasteiger partial charge < -0.3 is 9.47 Å². The van der Waals surface area contributed by atoms with Gasteiger partial charge in [-0.2, -0.15) is 0 Å². The number of alkyl halides is 3. The van der Waals surface area contributed by atoms with Crippen LogP contribution >= 0.6 is 0 Å². The van der Waals surface area contributed by atoms with Crippen LogP contribution in [0.15, 0.2) is 40.5 Å². The van der Waals surface area contributed by atoms with Crippen molar-refractivity contribution in [3.8, 4) is 5.75 Å². The second-order valence-corrected chi connectivity index (χ2v) is 5.67. The summed E-state index contributed by atoms with van der Waals surface area (Å²) in [5.74, 6) is -0.224. The van der Waals surface area contributed by atoms with Crippen molar-refractivity contribution in [2.45, 2.75) is 59.4 Å². The van der Waals surface area contributed by atoms with Crippen LogP contribution in [0.2, 0.25) is 0 Å². The number of rotatable bonds is 10. The Labute approximate surface area is 147 Å². The maximum absolute atomic E-state index is 12.1. The average molecular weight is 357 g/mol. The third-order valence-corrected chi connectivity index (χ3v) is 3.69. The number of nitrogens with zero attached hydrogens (tertiary/aromatic N) is 1. The Morgan fingerprint density at radius 2 is 1.84 bits per heavy atom. The molecule has 0 amide bonds. The predicted molar refractivity (Wildman–Crippen MR) is 93.8 cm³/mol. The number of ether oxygens (including phenoxy) is 2. The molecule has 3 nitrogen and oxygen atoms in total. The van der Waals surface area contributed by atoms with Crippen LogP contribution in [0.4, 0.5) is 13.2 Å². The first-order chi connectivity index (χ1) is 11.9. The molecule has 25 heavy (non-hydrogen) atoms. The lowest BCUT2D eigenvalue weighted by molar-refractivity contribution is -0.274. The molecule has 0 unspecified atom stereocenters. The molecule has 0 aliphatic rings. The predicted octanol–water partition coefficient (Wildman–Crippen LogP) is 6.05. The largest absolute Gasteiger partial charge is 0.573 e. The van der Waals surface area contributed by atoms with Gasteiger partial charge in [0.05, 0.1) is 6.61 Å². The quantitative estimate of drug-likeness (QED) is 0.377. The number of benzene rings is 1. The van der Waals surface area contributed by atoms with Crippen LogP contribution in [-0.2, 0) is 11.3 Å². The Morgan fingerprint density at radius 3 is 2.40 bits per heavy atom. The summed E-state index contributed by atoms with van der Waals surface area (Å²) in [4.78, 5) is 4.42. The summed E-state index contributed by atoms with van der Waals surface area (Å²) in [7, 11) is 0. The van der Waals surface area contributed by atoms with Crippen molar-refractivity contribution in [2.75, 3.05) is 6.61 Å². The third kappa shape index (κ3) is 9.29. The number of halogens is 3. The molecule has 1 aromatic carbocycles. The normalized spacial score (nSPS) is 13.2. The van der Waals surface area contributed by atoms with Crippen LogP contribution < -0.4 is 4.74 Å². The van der Waals surface area contributed by atoms with Crippen LogP contribution in [0.1, 0.15) is 52.0 Å². The fourth-order valence-corrected chi connectivity index (χ4v) is 2.22. The van der Waals surface area contributed by atoms with Crippen molar-refractivity contribution in [3.63, 3.8) is 0 Å². The Kier molecular flexibility index (Phi) is 9.27. The summed E-state index contributed by atoms with van der Waals surface area (Å²) in [6, 6.07) is 5.73. The lowest BCUT2D eigenvalue weighted by Crippen LogP contribution is -2.17. The SMILES string of the molecule is CC=N/C(CCCCOCc1ccc(OC(F)(F)F)cc1)=C(/C)CC. The maximum Gasteiger partial charge on any atom is 0.573 e. The van der Waals surface area contributed by atoms with Crippen LogP contribution in [0.5, 0.6) is 5.75 Å². The molecule has 0 heterocycles. The lowest BCUT2D eigenvalue weighted by Gasteiger charge is -2.10. The summed E-state index contributed by atoms with van der Waals surface area (Å²) in [5.41, 5.74) is 3.26. The third-order valence-electron chi connectivity index (χ3n) is 3.69. The van der Waals surface area contributed by atoms with Crippen molar-refractivity contribution in [3.05, 3.63) is 41.1 Å². The van der Waals surface area contributed by atoms with E-state index in [1.165, 1.54) is 17.7 Å². The first-order valence-corrected chi connectivity index (χ1v) is 8.45. The van der Waals surface area contributed by atoms with Crippen molar-refractivity contribution >= 4 is 6.21 Å². The fraction of sp³-hybridized carbons (Fsp3) is 0.526. The fourth-order valence-electron chi connectivity index (χ4n) is 2.22. The summed E-state index contributed by atoms with van der Waals surface area (Å²) >= 11 is 0. The molecule has 0 saturated heterocycles. The molecular weight excluding hydrogens is 331 g/mol. The molecule has 6 heteroatoms. The summed E-state index contributed by atoms with van der Waals surface area (Å²) < 4.78 is 45.6. The van der Waals surface area contributed by atoms with Crippen molar-refractivity contribution in [2.24, 2.45) is 4.99 Å². The van der Waals surface area contributed by atoms with Crippen molar-refractivity contribution in [1.29, 1.82) is 0 Å². The minimum Gasteiger partial charge on any atom is -0.406 e. The van der Waals surface area contributed by atoms with E-state index >= 15 is 0 Å². The minimum atomic E-state index is -4.66.